The third-order valence-electron chi connectivity index (χ3n) is 3.46. The largest absolute Gasteiger partial charge is 0.305 e. The van der Waals surface area contributed by atoms with Crippen molar-refractivity contribution in [1.82, 2.24) is 0 Å². The Bertz CT molecular complexity index is 738. The van der Waals surface area contributed by atoms with E-state index in [4.69, 9.17) is 0 Å². The minimum absolute atomic E-state index is 0.0588. The number of anilines is 1. The zero-order valence-corrected chi connectivity index (χ0v) is 13.4. The number of aliphatic imine (C=N–C) groups is 1. The molecule has 0 saturated carbocycles. The van der Waals surface area contributed by atoms with Gasteiger partial charge in [-0.3, -0.25) is 4.79 Å². The van der Waals surface area contributed by atoms with Crippen LogP contribution in [0.2, 0.25) is 0 Å². The molecule has 1 amide bonds. The third kappa shape index (κ3) is 2.68. The number of nitrogens with zero attached hydrogens (tertiary/aromatic N) is 2. The first kappa shape index (κ1) is 14.1. The van der Waals surface area contributed by atoms with E-state index in [-0.39, 0.29) is 5.91 Å². The summed E-state index contributed by atoms with van der Waals surface area (Å²) >= 11 is 8.07. The summed E-state index contributed by atoms with van der Waals surface area (Å²) in [6, 6.07) is 15.0. The maximum absolute atomic E-state index is 12.6. The van der Waals surface area contributed by atoms with Crippen LogP contribution in [-0.4, -0.2) is 11.1 Å². The fraction of sp³-hybridized carbons (Fsp3) is 0.125. The lowest BCUT2D eigenvalue weighted by atomic mass is 10.1. The van der Waals surface area contributed by atoms with Crippen LogP contribution in [0, 0.1) is 0 Å². The fourth-order valence-corrected chi connectivity index (χ4v) is 2.85. The molecular weight excluding hydrogens is 348 g/mol. The minimum atomic E-state index is -0.561. The number of hydrogen-bond donors (Lipinski definition) is 0. The average Bonchev–Trinajstić information content (AvgIpc) is 2.76. The molecule has 2 aromatic rings. The summed E-state index contributed by atoms with van der Waals surface area (Å²) in [4.78, 5) is 18.3. The van der Waals surface area contributed by atoms with Gasteiger partial charge in [0.2, 0.25) is 0 Å². The Morgan fingerprint density at radius 1 is 1.19 bits per heavy atom. The first-order chi connectivity index (χ1) is 10.2. The smallest absolute Gasteiger partial charge is 0.257 e. The second kappa shape index (κ2) is 5.90. The summed E-state index contributed by atoms with van der Waals surface area (Å²) in [5.41, 5.74) is 2.84. The predicted molar refractivity (Wildman–Crippen MR) is 89.5 cm³/mol. The normalized spacial score (nSPS) is 16.5. The number of hydrogen-bond acceptors (Lipinski definition) is 3. The van der Waals surface area contributed by atoms with Gasteiger partial charge in [0.25, 0.3) is 5.91 Å². The van der Waals surface area contributed by atoms with Crippen molar-refractivity contribution in [2.45, 2.75) is 12.6 Å². The number of amides is 1. The average molecular weight is 359 g/mol. The molecule has 1 aliphatic heterocycles. The van der Waals surface area contributed by atoms with E-state index in [1.165, 1.54) is 0 Å². The van der Waals surface area contributed by atoms with Crippen LogP contribution >= 0.6 is 28.1 Å². The van der Waals surface area contributed by atoms with Crippen molar-refractivity contribution >= 4 is 44.9 Å². The molecule has 2 aromatic carbocycles. The number of rotatable bonds is 3. The first-order valence-corrected chi connectivity index (χ1v) is 7.62. The zero-order valence-electron chi connectivity index (χ0n) is 11.0. The van der Waals surface area contributed by atoms with Gasteiger partial charge in [0.15, 0.2) is 6.04 Å². The van der Waals surface area contributed by atoms with E-state index >= 15 is 0 Å². The van der Waals surface area contributed by atoms with E-state index in [2.05, 4.69) is 38.3 Å². The first-order valence-electron chi connectivity index (χ1n) is 6.42. The van der Waals surface area contributed by atoms with Gasteiger partial charge in [0.05, 0.1) is 11.7 Å². The molecule has 0 fully saturated rings. The molecule has 21 heavy (non-hydrogen) atoms. The SMILES string of the molecule is O=C1C(N=C=S)c2ccccc2N1Cc1ccc(Br)cc1. The molecule has 5 heteroatoms. The van der Waals surface area contributed by atoms with E-state index in [0.717, 1.165) is 21.3 Å². The highest BCUT2D eigenvalue weighted by Gasteiger charge is 2.36. The summed E-state index contributed by atoms with van der Waals surface area (Å²) in [6.45, 7) is 0.520. The Hall–Kier alpha value is -1.81. The number of fused-ring (bicyclic) bond motifs is 1. The molecule has 1 unspecified atom stereocenters. The maximum atomic E-state index is 12.6. The van der Waals surface area contributed by atoms with Gasteiger partial charge in [-0.15, -0.1) is 0 Å². The van der Waals surface area contributed by atoms with Crippen LogP contribution < -0.4 is 4.90 Å². The molecule has 0 bridgehead atoms. The monoisotopic (exact) mass is 358 g/mol. The standard InChI is InChI=1S/C16H11BrN2OS/c17-12-7-5-11(6-8-12)9-19-14-4-2-1-3-13(14)15(16(19)20)18-10-21/h1-8,15H,9H2. The number of carbonyl (C=O) groups excluding carboxylic acids is 1. The zero-order chi connectivity index (χ0) is 14.8. The number of isothiocyanates is 1. The molecule has 3 rings (SSSR count). The molecule has 0 radical (unpaired) electrons. The highest BCUT2D eigenvalue weighted by atomic mass is 79.9. The van der Waals surface area contributed by atoms with Crippen LogP contribution in [-0.2, 0) is 11.3 Å². The molecule has 1 atom stereocenters. The number of benzene rings is 2. The van der Waals surface area contributed by atoms with E-state index in [9.17, 15) is 4.79 Å². The molecule has 1 aliphatic rings. The minimum Gasteiger partial charge on any atom is -0.305 e. The van der Waals surface area contributed by atoms with Crippen LogP contribution in [0.1, 0.15) is 17.2 Å². The quantitative estimate of drug-likeness (QED) is 0.610. The second-order valence-corrected chi connectivity index (χ2v) is 5.83. The van der Waals surface area contributed by atoms with E-state index in [1.54, 1.807) is 4.90 Å². The Morgan fingerprint density at radius 2 is 1.90 bits per heavy atom. The molecule has 0 aliphatic carbocycles. The molecule has 0 spiro atoms. The third-order valence-corrected chi connectivity index (χ3v) is 4.09. The molecule has 0 saturated heterocycles. The van der Waals surface area contributed by atoms with Crippen LogP contribution in [0.5, 0.6) is 0 Å². The lowest BCUT2D eigenvalue weighted by molar-refractivity contribution is -0.119. The lowest BCUT2D eigenvalue weighted by Gasteiger charge is -2.17. The number of thiocarbonyl (C=S) groups is 1. The van der Waals surface area contributed by atoms with Crippen molar-refractivity contribution in [3.8, 4) is 0 Å². The molecule has 1 heterocycles. The van der Waals surface area contributed by atoms with Crippen molar-refractivity contribution in [3.05, 3.63) is 64.1 Å². The van der Waals surface area contributed by atoms with Crippen molar-refractivity contribution in [3.63, 3.8) is 0 Å². The van der Waals surface area contributed by atoms with Crippen LogP contribution in [0.25, 0.3) is 0 Å². The highest BCUT2D eigenvalue weighted by molar-refractivity contribution is 9.10. The topological polar surface area (TPSA) is 32.7 Å². The van der Waals surface area contributed by atoms with E-state index < -0.39 is 6.04 Å². The fourth-order valence-electron chi connectivity index (χ4n) is 2.48. The molecule has 0 N–H and O–H groups in total. The summed E-state index contributed by atoms with van der Waals surface area (Å²) in [5.74, 6) is -0.0588. The number of halogens is 1. The summed E-state index contributed by atoms with van der Waals surface area (Å²) in [6.07, 6.45) is 0. The Balaban J connectivity index is 1.97. The van der Waals surface area contributed by atoms with Gasteiger partial charge in [0, 0.05) is 15.7 Å². The van der Waals surface area contributed by atoms with E-state index in [1.807, 2.05) is 48.5 Å². The van der Waals surface area contributed by atoms with Crippen LogP contribution in [0.15, 0.2) is 58.0 Å². The Morgan fingerprint density at radius 3 is 2.62 bits per heavy atom. The predicted octanol–water partition coefficient (Wildman–Crippen LogP) is 4.14. The van der Waals surface area contributed by atoms with Gasteiger partial charge in [-0.05, 0) is 36.0 Å². The molecule has 104 valence electrons. The maximum Gasteiger partial charge on any atom is 0.257 e. The Kier molecular flexibility index (Phi) is 3.97. The molecule has 3 nitrogen and oxygen atoms in total. The van der Waals surface area contributed by atoms with E-state index in [0.29, 0.717) is 6.54 Å². The molecular formula is C16H11BrN2OS. The second-order valence-electron chi connectivity index (χ2n) is 4.73. The lowest BCUT2D eigenvalue weighted by Crippen LogP contribution is -2.27. The summed E-state index contributed by atoms with van der Waals surface area (Å²) < 4.78 is 1.02. The van der Waals surface area contributed by atoms with Crippen molar-refractivity contribution < 1.29 is 4.79 Å². The highest BCUT2D eigenvalue weighted by Crippen LogP contribution is 2.38. The van der Waals surface area contributed by atoms with Gasteiger partial charge in [-0.2, -0.15) is 0 Å². The van der Waals surface area contributed by atoms with Crippen molar-refractivity contribution in [1.29, 1.82) is 0 Å². The van der Waals surface area contributed by atoms with Crippen LogP contribution in [0.3, 0.4) is 0 Å². The Labute approximate surface area is 136 Å². The molecule has 0 aromatic heterocycles. The summed E-state index contributed by atoms with van der Waals surface area (Å²) in [5, 5.41) is 2.33. The van der Waals surface area contributed by atoms with Gasteiger partial charge in [0.1, 0.15) is 0 Å². The summed E-state index contributed by atoms with van der Waals surface area (Å²) in [7, 11) is 0. The number of para-hydroxylation sites is 1. The number of carbonyl (C=O) groups is 1. The van der Waals surface area contributed by atoms with Crippen LogP contribution in [0.4, 0.5) is 5.69 Å². The van der Waals surface area contributed by atoms with Gasteiger partial charge < -0.3 is 4.90 Å². The van der Waals surface area contributed by atoms with Gasteiger partial charge in [-0.1, -0.05) is 46.3 Å². The van der Waals surface area contributed by atoms with Crippen molar-refractivity contribution in [2.75, 3.05) is 4.90 Å². The van der Waals surface area contributed by atoms with Gasteiger partial charge in [-0.25, -0.2) is 4.99 Å². The van der Waals surface area contributed by atoms with Crippen molar-refractivity contribution in [2.24, 2.45) is 4.99 Å². The van der Waals surface area contributed by atoms with Gasteiger partial charge >= 0.3 is 0 Å².